The Balaban J connectivity index is 2.09. The summed E-state index contributed by atoms with van der Waals surface area (Å²) < 4.78 is 0. The molecule has 2 heterocycles. The van der Waals surface area contributed by atoms with Crippen molar-refractivity contribution >= 4 is 17.2 Å². The molecule has 0 radical (unpaired) electrons. The van der Waals surface area contributed by atoms with Crippen molar-refractivity contribution in [1.29, 1.82) is 0 Å². The minimum atomic E-state index is 0.232. The second-order valence-corrected chi connectivity index (χ2v) is 4.92. The zero-order valence-corrected chi connectivity index (χ0v) is 9.98. The number of nitrogens with zero attached hydrogens (tertiary/aromatic N) is 1. The van der Waals surface area contributed by atoms with Crippen molar-refractivity contribution in [1.82, 2.24) is 4.90 Å². The molecule has 0 bridgehead atoms. The van der Waals surface area contributed by atoms with Gasteiger partial charge in [-0.15, -0.1) is 0 Å². The molecule has 0 spiro atoms. The van der Waals surface area contributed by atoms with Crippen LogP contribution in [0.2, 0.25) is 0 Å². The lowest BCUT2D eigenvalue weighted by atomic mass is 10.2. The molecule has 1 fully saturated rings. The maximum atomic E-state index is 12.2. The van der Waals surface area contributed by atoms with Crippen LogP contribution in [0.1, 0.15) is 41.6 Å². The Hall–Kier alpha value is -0.830. The van der Waals surface area contributed by atoms with Crippen molar-refractivity contribution < 1.29 is 4.79 Å². The molecule has 0 aromatic carbocycles. The fourth-order valence-corrected chi connectivity index (χ4v) is 2.85. The molecule has 0 atom stereocenters. The van der Waals surface area contributed by atoms with E-state index >= 15 is 0 Å². The Labute approximate surface area is 94.9 Å². The number of hydrogen-bond donors (Lipinski definition) is 0. The van der Waals surface area contributed by atoms with Crippen molar-refractivity contribution in [3.8, 4) is 0 Å². The van der Waals surface area contributed by atoms with Gasteiger partial charge in [0, 0.05) is 18.5 Å². The van der Waals surface area contributed by atoms with Crippen LogP contribution in [-0.4, -0.2) is 23.9 Å². The molecule has 0 aliphatic carbocycles. The maximum absolute atomic E-state index is 12.2. The van der Waals surface area contributed by atoms with Gasteiger partial charge in [0.2, 0.25) is 0 Å². The number of rotatable bonds is 1. The zero-order chi connectivity index (χ0) is 10.7. The molecular weight excluding hydrogens is 206 g/mol. The van der Waals surface area contributed by atoms with Gasteiger partial charge >= 0.3 is 0 Å². The van der Waals surface area contributed by atoms with Crippen LogP contribution in [-0.2, 0) is 0 Å². The van der Waals surface area contributed by atoms with Gasteiger partial charge in [0.05, 0.1) is 5.56 Å². The van der Waals surface area contributed by atoms with Crippen LogP contribution in [0.5, 0.6) is 0 Å². The molecule has 2 rings (SSSR count). The van der Waals surface area contributed by atoms with Crippen molar-refractivity contribution in [2.45, 2.75) is 32.6 Å². The van der Waals surface area contributed by atoms with E-state index in [0.29, 0.717) is 0 Å². The normalized spacial score (nSPS) is 17.5. The predicted molar refractivity (Wildman–Crippen MR) is 63.4 cm³/mol. The average Bonchev–Trinajstić information content (AvgIpc) is 2.53. The molecule has 1 aromatic heterocycles. The summed E-state index contributed by atoms with van der Waals surface area (Å²) in [7, 11) is 0. The van der Waals surface area contributed by atoms with E-state index in [1.807, 2.05) is 22.6 Å². The molecule has 1 amide bonds. The first kappa shape index (κ1) is 10.7. The first-order valence-corrected chi connectivity index (χ1v) is 6.55. The van der Waals surface area contributed by atoms with E-state index in [4.69, 9.17) is 0 Å². The van der Waals surface area contributed by atoms with E-state index in [1.54, 1.807) is 11.3 Å². The Morgan fingerprint density at radius 2 is 1.87 bits per heavy atom. The number of carbonyl (C=O) groups excluding carboxylic acids is 1. The largest absolute Gasteiger partial charge is 0.339 e. The van der Waals surface area contributed by atoms with Crippen molar-refractivity contribution in [3.63, 3.8) is 0 Å². The van der Waals surface area contributed by atoms with Gasteiger partial charge in [0.25, 0.3) is 5.91 Å². The number of amides is 1. The Bertz CT molecular complexity index is 337. The van der Waals surface area contributed by atoms with E-state index < -0.39 is 0 Å². The summed E-state index contributed by atoms with van der Waals surface area (Å²) >= 11 is 1.62. The van der Waals surface area contributed by atoms with Crippen LogP contribution in [0.15, 0.2) is 10.8 Å². The van der Waals surface area contributed by atoms with E-state index in [9.17, 15) is 4.79 Å². The summed E-state index contributed by atoms with van der Waals surface area (Å²) in [5.74, 6) is 0.232. The molecular formula is C12H17NOS. The Kier molecular flexibility index (Phi) is 3.41. The molecule has 0 saturated carbocycles. The van der Waals surface area contributed by atoms with Gasteiger partial charge in [-0.25, -0.2) is 0 Å². The quantitative estimate of drug-likeness (QED) is 0.716. The number of aryl methyl sites for hydroxylation is 1. The maximum Gasteiger partial charge on any atom is 0.254 e. The fraction of sp³-hybridized carbons (Fsp3) is 0.583. The van der Waals surface area contributed by atoms with Gasteiger partial charge in [-0.1, -0.05) is 12.8 Å². The van der Waals surface area contributed by atoms with Gasteiger partial charge in [-0.3, -0.25) is 4.79 Å². The predicted octanol–water partition coefficient (Wildman–Crippen LogP) is 3.07. The number of thiophene rings is 1. The molecule has 1 saturated heterocycles. The summed E-state index contributed by atoms with van der Waals surface area (Å²) in [6, 6.07) is 0. The van der Waals surface area contributed by atoms with E-state index in [2.05, 4.69) is 0 Å². The smallest absolute Gasteiger partial charge is 0.254 e. The van der Waals surface area contributed by atoms with Crippen LogP contribution in [0.3, 0.4) is 0 Å². The van der Waals surface area contributed by atoms with Gasteiger partial charge in [-0.05, 0) is 30.7 Å². The van der Waals surface area contributed by atoms with Crippen LogP contribution in [0.25, 0.3) is 0 Å². The molecule has 0 unspecified atom stereocenters. The average molecular weight is 223 g/mol. The van der Waals surface area contributed by atoms with E-state index in [-0.39, 0.29) is 5.91 Å². The highest BCUT2D eigenvalue weighted by atomic mass is 32.1. The number of hydrogen-bond acceptors (Lipinski definition) is 2. The minimum Gasteiger partial charge on any atom is -0.339 e. The lowest BCUT2D eigenvalue weighted by Crippen LogP contribution is -2.31. The highest BCUT2D eigenvalue weighted by Crippen LogP contribution is 2.18. The first-order chi connectivity index (χ1) is 7.29. The third-order valence-electron chi connectivity index (χ3n) is 2.98. The van der Waals surface area contributed by atoms with Crippen LogP contribution in [0, 0.1) is 6.92 Å². The topological polar surface area (TPSA) is 20.3 Å². The molecule has 0 N–H and O–H groups in total. The first-order valence-electron chi connectivity index (χ1n) is 5.61. The lowest BCUT2D eigenvalue weighted by molar-refractivity contribution is 0.0761. The molecule has 1 aromatic rings. The molecule has 2 nitrogen and oxygen atoms in total. The van der Waals surface area contributed by atoms with Crippen molar-refractivity contribution in [2.75, 3.05) is 13.1 Å². The van der Waals surface area contributed by atoms with Crippen LogP contribution in [0.4, 0.5) is 0 Å². The van der Waals surface area contributed by atoms with Crippen molar-refractivity contribution in [3.05, 3.63) is 21.9 Å². The summed E-state index contributed by atoms with van der Waals surface area (Å²) in [5.41, 5.74) is 2.02. The zero-order valence-electron chi connectivity index (χ0n) is 9.16. The molecule has 3 heteroatoms. The van der Waals surface area contributed by atoms with Crippen LogP contribution >= 0.6 is 11.3 Å². The minimum absolute atomic E-state index is 0.232. The van der Waals surface area contributed by atoms with Gasteiger partial charge in [0.15, 0.2) is 0 Å². The molecule has 82 valence electrons. The second-order valence-electron chi connectivity index (χ2n) is 4.17. The monoisotopic (exact) mass is 223 g/mol. The summed E-state index contributed by atoms with van der Waals surface area (Å²) in [5, 5.41) is 4.02. The summed E-state index contributed by atoms with van der Waals surface area (Å²) in [6.45, 7) is 3.89. The van der Waals surface area contributed by atoms with E-state index in [1.165, 1.54) is 12.8 Å². The van der Waals surface area contributed by atoms with E-state index in [0.717, 1.165) is 37.1 Å². The highest BCUT2D eigenvalue weighted by molar-refractivity contribution is 7.08. The number of carbonyl (C=O) groups is 1. The Morgan fingerprint density at radius 1 is 1.20 bits per heavy atom. The van der Waals surface area contributed by atoms with Crippen LogP contribution < -0.4 is 0 Å². The number of likely N-dealkylation sites (tertiary alicyclic amines) is 1. The third kappa shape index (κ3) is 2.40. The lowest BCUT2D eigenvalue weighted by Gasteiger charge is -2.20. The SMILES string of the molecule is Cc1cscc1C(=O)N1CCCCCC1. The fourth-order valence-electron chi connectivity index (χ4n) is 2.02. The summed E-state index contributed by atoms with van der Waals surface area (Å²) in [6.07, 6.45) is 4.86. The summed E-state index contributed by atoms with van der Waals surface area (Å²) in [4.78, 5) is 14.2. The standard InChI is InChI=1S/C12H17NOS/c1-10-8-15-9-11(10)12(14)13-6-4-2-3-5-7-13/h8-9H,2-7H2,1H3. The molecule has 1 aliphatic heterocycles. The molecule has 1 aliphatic rings. The van der Waals surface area contributed by atoms with Crippen molar-refractivity contribution in [2.24, 2.45) is 0 Å². The third-order valence-corrected chi connectivity index (χ3v) is 3.84. The Morgan fingerprint density at radius 3 is 2.40 bits per heavy atom. The second kappa shape index (κ2) is 4.79. The highest BCUT2D eigenvalue weighted by Gasteiger charge is 2.18. The van der Waals surface area contributed by atoms with Gasteiger partial charge in [0.1, 0.15) is 0 Å². The van der Waals surface area contributed by atoms with Gasteiger partial charge in [-0.2, -0.15) is 11.3 Å². The van der Waals surface area contributed by atoms with Gasteiger partial charge < -0.3 is 4.90 Å². The molecule has 15 heavy (non-hydrogen) atoms.